The van der Waals surface area contributed by atoms with Gasteiger partial charge in [-0.3, -0.25) is 0 Å². The number of hydrogen-bond donors (Lipinski definition) is 3. The van der Waals surface area contributed by atoms with Crippen LogP contribution in [-0.4, -0.2) is 25.7 Å². The van der Waals surface area contributed by atoms with E-state index in [2.05, 4.69) is 4.72 Å². The number of anilines is 1. The molecule has 0 fully saturated rings. The standard InChI is InChI=1S/C11H17ClN2O3S/c1-7-9(13)4-8(12)5-10(7)18(16,17)14-6-11(2,3)15/h4-5,14-15H,6,13H2,1-3H3. The highest BCUT2D eigenvalue weighted by Crippen LogP contribution is 2.25. The maximum Gasteiger partial charge on any atom is 0.241 e. The number of halogens is 1. The second-order valence-electron chi connectivity index (χ2n) is 4.76. The van der Waals surface area contributed by atoms with Crippen molar-refractivity contribution in [2.45, 2.75) is 31.3 Å². The summed E-state index contributed by atoms with van der Waals surface area (Å²) >= 11 is 5.80. The van der Waals surface area contributed by atoms with Crippen LogP contribution in [0.2, 0.25) is 5.02 Å². The third kappa shape index (κ3) is 3.84. The fourth-order valence-corrected chi connectivity index (χ4v) is 3.10. The van der Waals surface area contributed by atoms with Crippen LogP contribution < -0.4 is 10.5 Å². The van der Waals surface area contributed by atoms with Crippen LogP contribution in [0.5, 0.6) is 0 Å². The minimum Gasteiger partial charge on any atom is -0.398 e. The first kappa shape index (κ1) is 15.2. The van der Waals surface area contributed by atoms with Crippen LogP contribution in [0.25, 0.3) is 0 Å². The monoisotopic (exact) mass is 292 g/mol. The zero-order valence-corrected chi connectivity index (χ0v) is 12.1. The van der Waals surface area contributed by atoms with Crippen LogP contribution in [0.1, 0.15) is 19.4 Å². The zero-order valence-electron chi connectivity index (χ0n) is 10.5. The van der Waals surface area contributed by atoms with Gasteiger partial charge in [0.1, 0.15) is 0 Å². The SMILES string of the molecule is Cc1c(N)cc(Cl)cc1S(=O)(=O)NCC(C)(C)O. The number of nitrogen functional groups attached to an aromatic ring is 1. The molecule has 102 valence electrons. The van der Waals surface area contributed by atoms with E-state index >= 15 is 0 Å². The van der Waals surface area contributed by atoms with E-state index in [1.54, 1.807) is 6.92 Å². The highest BCUT2D eigenvalue weighted by atomic mass is 35.5. The minimum absolute atomic E-state index is 0.0248. The lowest BCUT2D eigenvalue weighted by molar-refractivity contribution is 0.0857. The molecule has 7 heteroatoms. The fourth-order valence-electron chi connectivity index (χ4n) is 1.30. The number of benzene rings is 1. The quantitative estimate of drug-likeness (QED) is 0.729. The summed E-state index contributed by atoms with van der Waals surface area (Å²) in [4.78, 5) is 0.0248. The van der Waals surface area contributed by atoms with Gasteiger partial charge in [0, 0.05) is 17.3 Å². The van der Waals surface area contributed by atoms with Crippen molar-refractivity contribution in [3.05, 3.63) is 22.7 Å². The van der Waals surface area contributed by atoms with Crippen molar-refractivity contribution in [2.24, 2.45) is 0 Å². The summed E-state index contributed by atoms with van der Waals surface area (Å²) in [6.07, 6.45) is 0. The zero-order chi connectivity index (χ0) is 14.1. The van der Waals surface area contributed by atoms with Crippen molar-refractivity contribution in [3.8, 4) is 0 Å². The van der Waals surface area contributed by atoms with E-state index in [0.717, 1.165) is 0 Å². The summed E-state index contributed by atoms with van der Waals surface area (Å²) in [5, 5.41) is 9.78. The Bertz CT molecular complexity index is 550. The summed E-state index contributed by atoms with van der Waals surface area (Å²) in [6.45, 7) is 4.52. The normalized spacial score (nSPS) is 12.7. The summed E-state index contributed by atoms with van der Waals surface area (Å²) in [5.74, 6) is 0. The molecule has 5 nitrogen and oxygen atoms in total. The Morgan fingerprint density at radius 1 is 1.44 bits per heavy atom. The number of nitrogens with one attached hydrogen (secondary N) is 1. The molecule has 0 atom stereocenters. The Morgan fingerprint density at radius 2 is 2.00 bits per heavy atom. The number of aliphatic hydroxyl groups is 1. The molecule has 18 heavy (non-hydrogen) atoms. The molecule has 0 saturated heterocycles. The maximum absolute atomic E-state index is 12.1. The van der Waals surface area contributed by atoms with Gasteiger partial charge in [0.25, 0.3) is 0 Å². The van der Waals surface area contributed by atoms with Gasteiger partial charge in [-0.05, 0) is 38.5 Å². The van der Waals surface area contributed by atoms with Crippen LogP contribution in [0, 0.1) is 6.92 Å². The number of sulfonamides is 1. The van der Waals surface area contributed by atoms with E-state index in [9.17, 15) is 13.5 Å². The second-order valence-corrected chi connectivity index (χ2v) is 6.93. The van der Waals surface area contributed by atoms with Crippen LogP contribution in [-0.2, 0) is 10.0 Å². The third-order valence-electron chi connectivity index (χ3n) is 2.35. The van der Waals surface area contributed by atoms with Gasteiger partial charge in [-0.25, -0.2) is 13.1 Å². The molecule has 4 N–H and O–H groups in total. The van der Waals surface area contributed by atoms with Gasteiger partial charge in [0.05, 0.1) is 10.5 Å². The second kappa shape index (κ2) is 5.05. The summed E-state index contributed by atoms with van der Waals surface area (Å²) in [6, 6.07) is 2.83. The Balaban J connectivity index is 3.13. The first-order valence-corrected chi connectivity index (χ1v) is 7.17. The lowest BCUT2D eigenvalue weighted by Crippen LogP contribution is -2.38. The third-order valence-corrected chi connectivity index (χ3v) is 4.09. The molecule has 0 heterocycles. The molecule has 1 aromatic carbocycles. The summed E-state index contributed by atoms with van der Waals surface area (Å²) in [7, 11) is -3.74. The highest BCUT2D eigenvalue weighted by molar-refractivity contribution is 7.89. The predicted molar refractivity (Wildman–Crippen MR) is 72.1 cm³/mol. The molecule has 0 unspecified atom stereocenters. The van der Waals surface area contributed by atoms with Crippen molar-refractivity contribution < 1.29 is 13.5 Å². The van der Waals surface area contributed by atoms with E-state index in [1.807, 2.05) is 0 Å². The summed E-state index contributed by atoms with van der Waals surface area (Å²) < 4.78 is 26.5. The molecular weight excluding hydrogens is 276 g/mol. The van der Waals surface area contributed by atoms with Crippen molar-refractivity contribution in [1.29, 1.82) is 0 Å². The largest absolute Gasteiger partial charge is 0.398 e. The lowest BCUT2D eigenvalue weighted by atomic mass is 10.1. The minimum atomic E-state index is -3.74. The van der Waals surface area contributed by atoms with E-state index in [0.29, 0.717) is 11.3 Å². The van der Waals surface area contributed by atoms with Crippen molar-refractivity contribution in [2.75, 3.05) is 12.3 Å². The van der Waals surface area contributed by atoms with Gasteiger partial charge in [-0.2, -0.15) is 0 Å². The Hall–Kier alpha value is -0.820. The first-order chi connectivity index (χ1) is 8.03. The van der Waals surface area contributed by atoms with Gasteiger partial charge in [0.2, 0.25) is 10.0 Å². The number of hydrogen-bond acceptors (Lipinski definition) is 4. The Kier molecular flexibility index (Phi) is 4.27. The van der Waals surface area contributed by atoms with Crippen LogP contribution in [0.3, 0.4) is 0 Å². The van der Waals surface area contributed by atoms with Gasteiger partial charge >= 0.3 is 0 Å². The molecule has 0 saturated carbocycles. The van der Waals surface area contributed by atoms with E-state index in [1.165, 1.54) is 26.0 Å². The molecule has 0 aliphatic rings. The predicted octanol–water partition coefficient (Wildman–Crippen LogP) is 1.28. The molecule has 1 aromatic rings. The molecule has 0 radical (unpaired) electrons. The smallest absolute Gasteiger partial charge is 0.241 e. The molecule has 0 aliphatic heterocycles. The van der Waals surface area contributed by atoms with E-state index in [4.69, 9.17) is 17.3 Å². The van der Waals surface area contributed by atoms with Crippen LogP contribution >= 0.6 is 11.6 Å². The highest BCUT2D eigenvalue weighted by Gasteiger charge is 2.22. The van der Waals surface area contributed by atoms with Crippen LogP contribution in [0.15, 0.2) is 17.0 Å². The average Bonchev–Trinajstić information content (AvgIpc) is 2.19. The van der Waals surface area contributed by atoms with Gasteiger partial charge in [0.15, 0.2) is 0 Å². The van der Waals surface area contributed by atoms with Gasteiger partial charge in [-0.15, -0.1) is 0 Å². The Morgan fingerprint density at radius 3 is 2.50 bits per heavy atom. The first-order valence-electron chi connectivity index (χ1n) is 5.30. The molecule has 0 aliphatic carbocycles. The van der Waals surface area contributed by atoms with Crippen molar-refractivity contribution >= 4 is 27.3 Å². The van der Waals surface area contributed by atoms with Crippen molar-refractivity contribution in [1.82, 2.24) is 4.72 Å². The molecule has 0 bridgehead atoms. The molecule has 1 rings (SSSR count). The fraction of sp³-hybridized carbons (Fsp3) is 0.455. The molecule has 0 spiro atoms. The Labute approximate surface area is 112 Å². The molecular formula is C11H17ClN2O3S. The van der Waals surface area contributed by atoms with Crippen molar-refractivity contribution in [3.63, 3.8) is 0 Å². The van der Waals surface area contributed by atoms with E-state index < -0.39 is 15.6 Å². The molecule has 0 amide bonds. The average molecular weight is 293 g/mol. The molecule has 0 aromatic heterocycles. The number of nitrogens with two attached hydrogens (primary N) is 1. The van der Waals surface area contributed by atoms with Crippen LogP contribution in [0.4, 0.5) is 5.69 Å². The summed E-state index contributed by atoms with van der Waals surface area (Å²) in [5.41, 5.74) is 5.28. The van der Waals surface area contributed by atoms with E-state index in [-0.39, 0.29) is 16.5 Å². The lowest BCUT2D eigenvalue weighted by Gasteiger charge is -2.18. The topological polar surface area (TPSA) is 92.4 Å². The van der Waals surface area contributed by atoms with Gasteiger partial charge < -0.3 is 10.8 Å². The number of rotatable bonds is 4. The van der Waals surface area contributed by atoms with Gasteiger partial charge in [-0.1, -0.05) is 11.6 Å². The maximum atomic E-state index is 12.1.